The zero-order chi connectivity index (χ0) is 12.8. The van der Waals surface area contributed by atoms with Gasteiger partial charge in [-0.25, -0.2) is 4.79 Å². The number of benzene rings is 2. The van der Waals surface area contributed by atoms with Gasteiger partial charge >= 0.3 is 0 Å². The Kier molecular flexibility index (Phi) is 3.76. The highest BCUT2D eigenvalue weighted by Crippen LogP contribution is 2.15. The summed E-state index contributed by atoms with van der Waals surface area (Å²) in [4.78, 5) is 10.7. The summed E-state index contributed by atoms with van der Waals surface area (Å²) < 4.78 is 0. The van der Waals surface area contributed by atoms with E-state index in [1.807, 2.05) is 60.5 Å². The summed E-state index contributed by atoms with van der Waals surface area (Å²) in [5, 5.41) is 0. The van der Waals surface area contributed by atoms with Crippen LogP contribution in [0.25, 0.3) is 5.57 Å². The maximum absolute atomic E-state index is 10.7. The van der Waals surface area contributed by atoms with E-state index in [1.54, 1.807) is 6.92 Å². The Morgan fingerprint density at radius 1 is 0.889 bits per heavy atom. The summed E-state index contributed by atoms with van der Waals surface area (Å²) in [7, 11) is 0. The minimum Gasteiger partial charge on any atom is -0.233 e. The van der Waals surface area contributed by atoms with Gasteiger partial charge in [-0.2, -0.15) is 0 Å². The molecule has 0 heterocycles. The van der Waals surface area contributed by atoms with Gasteiger partial charge in [-0.15, -0.1) is 0 Å². The number of carbonyl (C=O) groups excluding carboxylic acids is 1. The SMILES string of the molecule is CC(=C=O)c1ccccc1C#Cc1ccccc1. The standard InChI is InChI=1S/C17H12O/c1-14(13-18)17-10-6-5-9-16(17)12-11-15-7-3-2-4-8-15/h2-10H,1H3. The third-order valence-corrected chi connectivity index (χ3v) is 2.60. The van der Waals surface area contributed by atoms with Crippen LogP contribution in [-0.2, 0) is 4.79 Å². The van der Waals surface area contributed by atoms with Gasteiger partial charge < -0.3 is 0 Å². The molecule has 2 aromatic carbocycles. The lowest BCUT2D eigenvalue weighted by molar-refractivity contribution is 0.569. The van der Waals surface area contributed by atoms with Crippen molar-refractivity contribution in [1.29, 1.82) is 0 Å². The zero-order valence-electron chi connectivity index (χ0n) is 10.1. The van der Waals surface area contributed by atoms with Crippen molar-refractivity contribution in [3.63, 3.8) is 0 Å². The molecule has 18 heavy (non-hydrogen) atoms. The molecule has 0 spiro atoms. The Balaban J connectivity index is 2.42. The van der Waals surface area contributed by atoms with Crippen LogP contribution < -0.4 is 0 Å². The second kappa shape index (κ2) is 5.68. The van der Waals surface area contributed by atoms with Gasteiger partial charge in [-0.05, 0) is 25.1 Å². The fourth-order valence-corrected chi connectivity index (χ4v) is 1.64. The first-order valence-corrected chi connectivity index (χ1v) is 5.69. The Morgan fingerprint density at radius 2 is 1.56 bits per heavy atom. The van der Waals surface area contributed by atoms with E-state index in [2.05, 4.69) is 11.8 Å². The normalized spacial score (nSPS) is 8.94. The van der Waals surface area contributed by atoms with Crippen molar-refractivity contribution in [3.8, 4) is 11.8 Å². The van der Waals surface area contributed by atoms with Gasteiger partial charge in [-0.3, -0.25) is 0 Å². The van der Waals surface area contributed by atoms with Crippen molar-refractivity contribution in [2.45, 2.75) is 6.92 Å². The molecule has 0 aliphatic heterocycles. The number of hydrogen-bond donors (Lipinski definition) is 0. The van der Waals surface area contributed by atoms with Crippen molar-refractivity contribution in [3.05, 3.63) is 71.3 Å². The molecule has 0 unspecified atom stereocenters. The van der Waals surface area contributed by atoms with Gasteiger partial charge in [0.25, 0.3) is 0 Å². The second-order valence-electron chi connectivity index (χ2n) is 3.89. The molecule has 0 N–H and O–H groups in total. The molecule has 0 radical (unpaired) electrons. The first kappa shape index (κ1) is 11.9. The maximum Gasteiger partial charge on any atom is 0.128 e. The quantitative estimate of drug-likeness (QED) is 0.544. The van der Waals surface area contributed by atoms with E-state index < -0.39 is 0 Å². The van der Waals surface area contributed by atoms with E-state index in [0.29, 0.717) is 5.57 Å². The number of rotatable bonds is 1. The topological polar surface area (TPSA) is 17.1 Å². The van der Waals surface area contributed by atoms with Crippen LogP contribution in [-0.4, -0.2) is 5.94 Å². The average molecular weight is 232 g/mol. The van der Waals surface area contributed by atoms with E-state index in [4.69, 9.17) is 0 Å². The predicted molar refractivity (Wildman–Crippen MR) is 73.6 cm³/mol. The summed E-state index contributed by atoms with van der Waals surface area (Å²) in [6, 6.07) is 17.4. The zero-order valence-corrected chi connectivity index (χ0v) is 10.1. The van der Waals surface area contributed by atoms with E-state index in [1.165, 1.54) is 0 Å². The van der Waals surface area contributed by atoms with Gasteiger partial charge in [0.2, 0.25) is 0 Å². The molecule has 0 aliphatic rings. The van der Waals surface area contributed by atoms with Crippen molar-refractivity contribution in [2.24, 2.45) is 0 Å². The third-order valence-electron chi connectivity index (χ3n) is 2.60. The van der Waals surface area contributed by atoms with Crippen LogP contribution >= 0.6 is 0 Å². The highest BCUT2D eigenvalue weighted by atomic mass is 16.1. The van der Waals surface area contributed by atoms with Gasteiger partial charge in [0.15, 0.2) is 0 Å². The smallest absolute Gasteiger partial charge is 0.128 e. The van der Waals surface area contributed by atoms with Gasteiger partial charge in [0, 0.05) is 22.3 Å². The van der Waals surface area contributed by atoms with Crippen molar-refractivity contribution in [1.82, 2.24) is 0 Å². The predicted octanol–water partition coefficient (Wildman–Crippen LogP) is 3.32. The van der Waals surface area contributed by atoms with Crippen LogP contribution in [0.1, 0.15) is 23.6 Å². The molecule has 0 bridgehead atoms. The monoisotopic (exact) mass is 232 g/mol. The Labute approximate surface area is 107 Å². The summed E-state index contributed by atoms with van der Waals surface area (Å²) in [5.74, 6) is 8.10. The van der Waals surface area contributed by atoms with Crippen molar-refractivity contribution < 1.29 is 4.79 Å². The molecular formula is C17H12O. The largest absolute Gasteiger partial charge is 0.233 e. The molecule has 0 aliphatic carbocycles. The number of allylic oxidation sites excluding steroid dienone is 1. The van der Waals surface area contributed by atoms with Crippen LogP contribution in [0, 0.1) is 11.8 Å². The second-order valence-corrected chi connectivity index (χ2v) is 3.89. The highest BCUT2D eigenvalue weighted by molar-refractivity contribution is 5.88. The fraction of sp³-hybridized carbons (Fsp3) is 0.0588. The van der Waals surface area contributed by atoms with Crippen LogP contribution in [0.3, 0.4) is 0 Å². The lowest BCUT2D eigenvalue weighted by Gasteiger charge is -2.00. The van der Waals surface area contributed by atoms with Gasteiger partial charge in [0.1, 0.15) is 5.94 Å². The maximum atomic E-state index is 10.7. The fourth-order valence-electron chi connectivity index (χ4n) is 1.64. The molecule has 2 aromatic rings. The van der Waals surface area contributed by atoms with Gasteiger partial charge in [-0.1, -0.05) is 48.2 Å². The molecule has 0 saturated heterocycles. The van der Waals surface area contributed by atoms with E-state index in [0.717, 1.165) is 16.7 Å². The lowest BCUT2D eigenvalue weighted by atomic mass is 10.0. The molecule has 2 rings (SSSR count). The summed E-state index contributed by atoms with van der Waals surface area (Å²) >= 11 is 0. The minimum absolute atomic E-state index is 0.577. The van der Waals surface area contributed by atoms with Crippen molar-refractivity contribution >= 4 is 11.5 Å². The first-order valence-electron chi connectivity index (χ1n) is 5.69. The molecule has 0 saturated carbocycles. The molecule has 1 nitrogen and oxygen atoms in total. The summed E-state index contributed by atoms with van der Waals surface area (Å²) in [6.07, 6.45) is 0. The van der Waals surface area contributed by atoms with Gasteiger partial charge in [0.05, 0.1) is 0 Å². The van der Waals surface area contributed by atoms with E-state index in [-0.39, 0.29) is 0 Å². The third kappa shape index (κ3) is 2.77. The molecule has 0 aromatic heterocycles. The molecule has 0 fully saturated rings. The Morgan fingerprint density at radius 3 is 2.28 bits per heavy atom. The molecular weight excluding hydrogens is 220 g/mol. The molecule has 0 amide bonds. The lowest BCUT2D eigenvalue weighted by Crippen LogP contribution is -1.86. The van der Waals surface area contributed by atoms with E-state index in [9.17, 15) is 4.79 Å². The van der Waals surface area contributed by atoms with Crippen LogP contribution in [0.4, 0.5) is 0 Å². The Bertz CT molecular complexity index is 651. The minimum atomic E-state index is 0.577. The van der Waals surface area contributed by atoms with E-state index >= 15 is 0 Å². The van der Waals surface area contributed by atoms with Crippen molar-refractivity contribution in [2.75, 3.05) is 0 Å². The van der Waals surface area contributed by atoms with Crippen LogP contribution in [0.2, 0.25) is 0 Å². The van der Waals surface area contributed by atoms with Crippen LogP contribution in [0.5, 0.6) is 0 Å². The highest BCUT2D eigenvalue weighted by Gasteiger charge is 2.01. The summed E-state index contributed by atoms with van der Waals surface area (Å²) in [6.45, 7) is 1.75. The average Bonchev–Trinajstić information content (AvgIpc) is 2.45. The summed E-state index contributed by atoms with van der Waals surface area (Å²) in [5.41, 5.74) is 3.23. The first-order chi connectivity index (χ1) is 8.81. The molecule has 86 valence electrons. The molecule has 1 heteroatoms. The Hall–Kier alpha value is -2.55. The number of hydrogen-bond acceptors (Lipinski definition) is 1. The van der Waals surface area contributed by atoms with Crippen LogP contribution in [0.15, 0.2) is 54.6 Å². The molecule has 0 atom stereocenters.